The standard InChI is InChI=1S/C24H19ClN2O5/c25-17-10-11-21-19(14-17)24(30,15-22(28)18-8-4-5-9-20(18)27(31)32)23(29)26(21)13-12-16-6-2-1-3-7-16/h1-11,14,30H,12-13,15H2. The van der Waals surface area contributed by atoms with Crippen LogP contribution in [0.2, 0.25) is 5.02 Å². The molecule has 3 aromatic carbocycles. The molecule has 1 aliphatic heterocycles. The lowest BCUT2D eigenvalue weighted by Gasteiger charge is -2.23. The molecular formula is C24H19ClN2O5. The van der Waals surface area contributed by atoms with Gasteiger partial charge in [-0.25, -0.2) is 0 Å². The number of Topliss-reactive ketones (excluding diaryl/α,β-unsaturated/α-hetero) is 1. The molecule has 1 amide bonds. The van der Waals surface area contributed by atoms with Gasteiger partial charge in [0.25, 0.3) is 11.6 Å². The molecule has 8 heteroatoms. The van der Waals surface area contributed by atoms with Crippen molar-refractivity contribution in [1.82, 2.24) is 0 Å². The molecule has 4 rings (SSSR count). The fourth-order valence-electron chi connectivity index (χ4n) is 4.00. The fraction of sp³-hybridized carbons (Fsp3) is 0.167. The molecule has 0 bridgehead atoms. The second kappa shape index (κ2) is 8.53. The minimum Gasteiger partial charge on any atom is -0.375 e. The summed E-state index contributed by atoms with van der Waals surface area (Å²) < 4.78 is 0. The number of halogens is 1. The molecule has 0 fully saturated rings. The van der Waals surface area contributed by atoms with Gasteiger partial charge in [-0.05, 0) is 36.2 Å². The lowest BCUT2D eigenvalue weighted by Crippen LogP contribution is -2.42. The monoisotopic (exact) mass is 450 g/mol. The summed E-state index contributed by atoms with van der Waals surface area (Å²) in [6.07, 6.45) is -0.0886. The first-order valence-corrected chi connectivity index (χ1v) is 10.3. The van der Waals surface area contributed by atoms with Crippen molar-refractivity contribution in [2.75, 3.05) is 11.4 Å². The summed E-state index contributed by atoms with van der Waals surface area (Å²) in [7, 11) is 0. The van der Waals surface area contributed by atoms with E-state index in [0.717, 1.165) is 5.56 Å². The van der Waals surface area contributed by atoms with Crippen LogP contribution < -0.4 is 4.90 Å². The van der Waals surface area contributed by atoms with E-state index in [1.54, 1.807) is 12.1 Å². The summed E-state index contributed by atoms with van der Waals surface area (Å²) in [5.74, 6) is -1.36. The van der Waals surface area contributed by atoms with E-state index < -0.39 is 28.6 Å². The maximum absolute atomic E-state index is 13.3. The van der Waals surface area contributed by atoms with Crippen molar-refractivity contribution in [2.45, 2.75) is 18.4 Å². The van der Waals surface area contributed by atoms with Gasteiger partial charge in [0.2, 0.25) is 0 Å². The second-order valence-electron chi connectivity index (χ2n) is 7.59. The van der Waals surface area contributed by atoms with Crippen LogP contribution in [0.25, 0.3) is 0 Å². The van der Waals surface area contributed by atoms with Crippen molar-refractivity contribution in [2.24, 2.45) is 0 Å². The number of nitro benzene ring substituents is 1. The van der Waals surface area contributed by atoms with Gasteiger partial charge in [0.15, 0.2) is 11.4 Å². The number of hydrogen-bond acceptors (Lipinski definition) is 5. The highest BCUT2D eigenvalue weighted by Crippen LogP contribution is 2.44. The third kappa shape index (κ3) is 3.88. The van der Waals surface area contributed by atoms with E-state index in [-0.39, 0.29) is 16.8 Å². The van der Waals surface area contributed by atoms with Crippen molar-refractivity contribution < 1.29 is 19.6 Å². The molecule has 0 radical (unpaired) electrons. The Morgan fingerprint density at radius 1 is 1.06 bits per heavy atom. The van der Waals surface area contributed by atoms with Crippen LogP contribution in [-0.4, -0.2) is 28.3 Å². The van der Waals surface area contributed by atoms with Crippen LogP contribution in [0.3, 0.4) is 0 Å². The van der Waals surface area contributed by atoms with Crippen LogP contribution in [0.15, 0.2) is 72.8 Å². The van der Waals surface area contributed by atoms with E-state index in [9.17, 15) is 24.8 Å². The molecule has 1 atom stereocenters. The summed E-state index contributed by atoms with van der Waals surface area (Å²) in [4.78, 5) is 38.4. The normalized spacial score (nSPS) is 17.3. The molecule has 1 unspecified atom stereocenters. The average molecular weight is 451 g/mol. The average Bonchev–Trinajstić information content (AvgIpc) is 2.99. The number of carbonyl (C=O) groups excluding carboxylic acids is 2. The number of anilines is 1. The molecule has 0 aliphatic carbocycles. The number of rotatable bonds is 7. The molecule has 7 nitrogen and oxygen atoms in total. The van der Waals surface area contributed by atoms with Gasteiger partial charge in [-0.2, -0.15) is 0 Å². The molecule has 0 aromatic heterocycles. The first kappa shape index (κ1) is 21.7. The maximum atomic E-state index is 13.3. The molecule has 0 spiro atoms. The van der Waals surface area contributed by atoms with Crippen LogP contribution in [-0.2, 0) is 16.8 Å². The van der Waals surface area contributed by atoms with E-state index in [2.05, 4.69) is 0 Å². The first-order valence-electron chi connectivity index (χ1n) is 9.96. The highest BCUT2D eigenvalue weighted by molar-refractivity contribution is 6.31. The lowest BCUT2D eigenvalue weighted by molar-refractivity contribution is -0.385. The van der Waals surface area contributed by atoms with Gasteiger partial charge in [-0.1, -0.05) is 54.1 Å². The molecule has 1 N–H and O–H groups in total. The number of carbonyl (C=O) groups is 2. The number of fused-ring (bicyclic) bond motifs is 1. The summed E-state index contributed by atoms with van der Waals surface area (Å²) in [6.45, 7) is 0.291. The van der Waals surface area contributed by atoms with Crippen LogP contribution in [0.5, 0.6) is 0 Å². The first-order chi connectivity index (χ1) is 15.3. The molecule has 162 valence electrons. The zero-order valence-corrected chi connectivity index (χ0v) is 17.7. The van der Waals surface area contributed by atoms with Crippen LogP contribution in [0.4, 0.5) is 11.4 Å². The molecular weight excluding hydrogens is 432 g/mol. The number of aliphatic hydroxyl groups is 1. The van der Waals surface area contributed by atoms with Crippen molar-refractivity contribution in [1.29, 1.82) is 0 Å². The number of benzene rings is 3. The summed E-state index contributed by atoms with van der Waals surface area (Å²) in [5, 5.41) is 23.0. The number of ketones is 1. The SMILES string of the molecule is O=C(CC1(O)C(=O)N(CCc2ccccc2)c2ccc(Cl)cc21)c1ccccc1[N+](=O)[O-]. The lowest BCUT2D eigenvalue weighted by atomic mass is 9.87. The van der Waals surface area contributed by atoms with Crippen molar-refractivity contribution in [3.63, 3.8) is 0 Å². The van der Waals surface area contributed by atoms with Crippen LogP contribution in [0.1, 0.15) is 27.9 Å². The Bertz CT molecular complexity index is 1210. The van der Waals surface area contributed by atoms with Crippen molar-refractivity contribution in [3.05, 3.63) is 105 Å². The van der Waals surface area contributed by atoms with E-state index in [4.69, 9.17) is 11.6 Å². The molecule has 0 saturated heterocycles. The maximum Gasteiger partial charge on any atom is 0.280 e. The Labute approximate surface area is 189 Å². The molecule has 32 heavy (non-hydrogen) atoms. The highest BCUT2D eigenvalue weighted by Gasteiger charge is 2.51. The van der Waals surface area contributed by atoms with E-state index >= 15 is 0 Å². The molecule has 0 saturated carbocycles. The predicted octanol–water partition coefficient (Wildman–Crippen LogP) is 4.30. The van der Waals surface area contributed by atoms with Gasteiger partial charge >= 0.3 is 0 Å². The predicted molar refractivity (Wildman–Crippen MR) is 120 cm³/mol. The zero-order chi connectivity index (χ0) is 22.9. The number of hydrogen-bond donors (Lipinski definition) is 1. The van der Waals surface area contributed by atoms with Crippen LogP contribution in [0, 0.1) is 10.1 Å². The number of nitro groups is 1. The minimum absolute atomic E-state index is 0.162. The van der Waals surface area contributed by atoms with E-state index in [1.807, 2.05) is 30.3 Å². The van der Waals surface area contributed by atoms with Crippen molar-refractivity contribution in [3.8, 4) is 0 Å². The van der Waals surface area contributed by atoms with E-state index in [1.165, 1.54) is 35.2 Å². The second-order valence-corrected chi connectivity index (χ2v) is 8.02. The number of amides is 1. The third-order valence-corrected chi connectivity index (χ3v) is 5.81. The Morgan fingerprint density at radius 3 is 2.47 bits per heavy atom. The molecule has 1 aliphatic rings. The van der Waals surface area contributed by atoms with Crippen LogP contribution >= 0.6 is 11.6 Å². The summed E-state index contributed by atoms with van der Waals surface area (Å²) in [6, 6.07) is 19.8. The summed E-state index contributed by atoms with van der Waals surface area (Å²) >= 11 is 6.12. The largest absolute Gasteiger partial charge is 0.375 e. The van der Waals surface area contributed by atoms with Gasteiger partial charge in [0.1, 0.15) is 0 Å². The zero-order valence-electron chi connectivity index (χ0n) is 16.9. The van der Waals surface area contributed by atoms with Gasteiger partial charge < -0.3 is 10.0 Å². The van der Waals surface area contributed by atoms with Gasteiger partial charge in [-0.15, -0.1) is 0 Å². The molecule has 1 heterocycles. The summed E-state index contributed by atoms with van der Waals surface area (Å²) in [5.41, 5.74) is -1.01. The Balaban J connectivity index is 1.67. The topological polar surface area (TPSA) is 101 Å². The highest BCUT2D eigenvalue weighted by atomic mass is 35.5. The Hall–Kier alpha value is -3.55. The Kier molecular flexibility index (Phi) is 5.78. The quantitative estimate of drug-likeness (QED) is 0.328. The van der Waals surface area contributed by atoms with Gasteiger partial charge in [0, 0.05) is 23.2 Å². The van der Waals surface area contributed by atoms with E-state index in [0.29, 0.717) is 23.7 Å². The fourth-order valence-corrected chi connectivity index (χ4v) is 4.17. The van der Waals surface area contributed by atoms with Gasteiger partial charge in [0.05, 0.1) is 22.6 Å². The smallest absolute Gasteiger partial charge is 0.280 e. The Morgan fingerprint density at radius 2 is 1.75 bits per heavy atom. The van der Waals surface area contributed by atoms with Gasteiger partial charge in [-0.3, -0.25) is 19.7 Å². The number of para-hydroxylation sites is 1. The molecule has 3 aromatic rings. The van der Waals surface area contributed by atoms with Crippen molar-refractivity contribution >= 4 is 34.7 Å². The minimum atomic E-state index is -2.17. The third-order valence-electron chi connectivity index (χ3n) is 5.58. The number of nitrogens with zero attached hydrogens (tertiary/aromatic N) is 2.